The molecular weight excluding hydrogens is 420 g/mol. The Hall–Kier alpha value is -1.98. The van der Waals surface area contributed by atoms with Crippen LogP contribution in [0.3, 0.4) is 0 Å². The minimum atomic E-state index is -3.42. The number of esters is 1. The van der Waals surface area contributed by atoms with Gasteiger partial charge in [-0.1, -0.05) is 0 Å². The number of carbonyl (C=O) groups excluding carboxylic acids is 2. The number of carbonyl (C=O) groups is 2. The third kappa shape index (κ3) is 6.51. The Morgan fingerprint density at radius 1 is 1.14 bits per heavy atom. The van der Waals surface area contributed by atoms with Crippen molar-refractivity contribution in [2.45, 2.75) is 32.8 Å². The summed E-state index contributed by atoms with van der Waals surface area (Å²) in [4.78, 5) is 24.8. The van der Waals surface area contributed by atoms with Crippen molar-refractivity contribution in [1.29, 1.82) is 0 Å². The maximum Gasteiger partial charge on any atom is 0.309 e. The molecule has 1 heterocycles. The first kappa shape index (κ1) is 23.3. The number of hydrogen-bond acceptors (Lipinski definition) is 7. The van der Waals surface area contributed by atoms with Crippen molar-refractivity contribution >= 4 is 37.5 Å². The number of Topliss-reactive ketones (excluding diaryl/α,β-unsaturated/α-hetero) is 1. The molecule has 0 aromatic heterocycles. The molecule has 1 aliphatic rings. The standard InChI is InChI=1S/C18H26N2O7S2/c1-4-29(25,26)20-11-9-15(10-12-20)18(22)27-13(2)17(21)14-5-7-16(8-6-14)19-28(3,23)24/h5-8,13,15,19H,4,9-12H2,1-3H3. The molecule has 9 nitrogen and oxygen atoms in total. The van der Waals surface area contributed by atoms with E-state index in [1.54, 1.807) is 6.92 Å². The minimum Gasteiger partial charge on any atom is -0.454 e. The third-order valence-electron chi connectivity index (χ3n) is 4.68. The fourth-order valence-electron chi connectivity index (χ4n) is 3.03. The first-order valence-corrected chi connectivity index (χ1v) is 12.7. The zero-order chi connectivity index (χ0) is 21.8. The average Bonchev–Trinajstić information content (AvgIpc) is 2.66. The van der Waals surface area contributed by atoms with E-state index < -0.39 is 43.8 Å². The Morgan fingerprint density at radius 3 is 2.17 bits per heavy atom. The summed E-state index contributed by atoms with van der Waals surface area (Å²) in [5.41, 5.74) is 0.607. The van der Waals surface area contributed by atoms with Gasteiger partial charge in [-0.25, -0.2) is 21.1 Å². The van der Waals surface area contributed by atoms with Crippen molar-refractivity contribution < 1.29 is 31.2 Å². The molecule has 1 aliphatic heterocycles. The van der Waals surface area contributed by atoms with Gasteiger partial charge in [0.05, 0.1) is 17.9 Å². The van der Waals surface area contributed by atoms with Crippen LogP contribution in [0.2, 0.25) is 0 Å². The molecule has 162 valence electrons. The highest BCUT2D eigenvalue weighted by Crippen LogP contribution is 2.22. The Morgan fingerprint density at radius 2 is 1.69 bits per heavy atom. The van der Waals surface area contributed by atoms with Crippen LogP contribution in [0, 0.1) is 5.92 Å². The van der Waals surface area contributed by atoms with Gasteiger partial charge in [-0.3, -0.25) is 14.3 Å². The molecule has 0 aliphatic carbocycles. The van der Waals surface area contributed by atoms with E-state index in [1.165, 1.54) is 35.5 Å². The Balaban J connectivity index is 1.92. The predicted molar refractivity (Wildman–Crippen MR) is 109 cm³/mol. The summed E-state index contributed by atoms with van der Waals surface area (Å²) in [7, 11) is -6.69. The number of rotatable bonds is 8. The summed E-state index contributed by atoms with van der Waals surface area (Å²) in [5.74, 6) is -1.36. The van der Waals surface area contributed by atoms with Crippen LogP contribution in [0.4, 0.5) is 5.69 Å². The lowest BCUT2D eigenvalue weighted by Gasteiger charge is -2.30. The first-order chi connectivity index (χ1) is 13.4. The minimum absolute atomic E-state index is 0.0200. The van der Waals surface area contributed by atoms with Crippen molar-refractivity contribution in [2.24, 2.45) is 5.92 Å². The van der Waals surface area contributed by atoms with Crippen LogP contribution >= 0.6 is 0 Å². The summed E-state index contributed by atoms with van der Waals surface area (Å²) in [5, 5.41) is 0. The van der Waals surface area contributed by atoms with E-state index in [-0.39, 0.29) is 24.4 Å². The molecule has 1 saturated heterocycles. The van der Waals surface area contributed by atoms with Gasteiger partial charge in [-0.05, 0) is 51.0 Å². The van der Waals surface area contributed by atoms with Crippen molar-refractivity contribution in [1.82, 2.24) is 4.31 Å². The van der Waals surface area contributed by atoms with Crippen LogP contribution in [0.15, 0.2) is 24.3 Å². The molecule has 0 saturated carbocycles. The lowest BCUT2D eigenvalue weighted by Crippen LogP contribution is -2.42. The SMILES string of the molecule is CCS(=O)(=O)N1CCC(C(=O)OC(C)C(=O)c2ccc(NS(C)(=O)=O)cc2)CC1. The number of ketones is 1. The lowest BCUT2D eigenvalue weighted by atomic mass is 9.98. The highest BCUT2D eigenvalue weighted by molar-refractivity contribution is 7.92. The molecule has 0 spiro atoms. The Labute approximate surface area is 171 Å². The van der Waals surface area contributed by atoms with E-state index in [1.807, 2.05) is 0 Å². The molecule has 1 fully saturated rings. The molecule has 2 rings (SSSR count). The summed E-state index contributed by atoms with van der Waals surface area (Å²) >= 11 is 0. The second-order valence-electron chi connectivity index (χ2n) is 6.97. The van der Waals surface area contributed by atoms with Gasteiger partial charge in [0.15, 0.2) is 6.10 Å². The van der Waals surface area contributed by atoms with Gasteiger partial charge >= 0.3 is 5.97 Å². The maximum atomic E-state index is 12.5. The molecule has 1 aromatic rings. The molecule has 11 heteroatoms. The van der Waals surface area contributed by atoms with E-state index in [9.17, 15) is 26.4 Å². The Kier molecular flexibility index (Phi) is 7.41. The number of ether oxygens (including phenoxy) is 1. The van der Waals surface area contributed by atoms with Gasteiger partial charge < -0.3 is 4.74 Å². The van der Waals surface area contributed by atoms with Crippen LogP contribution in [0.5, 0.6) is 0 Å². The predicted octanol–water partition coefficient (Wildman–Crippen LogP) is 1.23. The van der Waals surface area contributed by atoms with Crippen LogP contribution in [-0.2, 0) is 29.6 Å². The van der Waals surface area contributed by atoms with Crippen LogP contribution in [-0.4, -0.2) is 64.1 Å². The number of hydrogen-bond donors (Lipinski definition) is 1. The van der Waals surface area contributed by atoms with E-state index >= 15 is 0 Å². The molecule has 1 N–H and O–H groups in total. The first-order valence-electron chi connectivity index (χ1n) is 9.23. The molecular formula is C18H26N2O7S2. The highest BCUT2D eigenvalue weighted by atomic mass is 32.2. The number of anilines is 1. The van der Waals surface area contributed by atoms with Crippen LogP contribution in [0.25, 0.3) is 0 Å². The van der Waals surface area contributed by atoms with E-state index in [0.29, 0.717) is 18.5 Å². The largest absolute Gasteiger partial charge is 0.454 e. The van der Waals surface area contributed by atoms with Crippen molar-refractivity contribution in [3.8, 4) is 0 Å². The zero-order valence-corrected chi connectivity index (χ0v) is 18.3. The molecule has 1 aromatic carbocycles. The smallest absolute Gasteiger partial charge is 0.309 e. The van der Waals surface area contributed by atoms with Gasteiger partial charge in [0, 0.05) is 24.3 Å². The quantitative estimate of drug-likeness (QED) is 0.470. The topological polar surface area (TPSA) is 127 Å². The average molecular weight is 447 g/mol. The molecule has 0 radical (unpaired) electrons. The summed E-state index contributed by atoms with van der Waals surface area (Å²) in [6, 6.07) is 5.81. The second-order valence-corrected chi connectivity index (χ2v) is 11.0. The number of nitrogens with one attached hydrogen (secondary N) is 1. The van der Waals surface area contributed by atoms with Gasteiger partial charge in [-0.15, -0.1) is 0 Å². The summed E-state index contributed by atoms with van der Waals surface area (Å²) in [6.45, 7) is 3.56. The van der Waals surface area contributed by atoms with E-state index in [4.69, 9.17) is 4.74 Å². The van der Waals surface area contributed by atoms with Gasteiger partial charge in [0.1, 0.15) is 0 Å². The Bertz CT molecular complexity index is 948. The molecule has 0 amide bonds. The van der Waals surface area contributed by atoms with E-state index in [0.717, 1.165) is 6.26 Å². The number of nitrogens with zero attached hydrogens (tertiary/aromatic N) is 1. The number of sulfonamides is 2. The van der Waals surface area contributed by atoms with Crippen molar-refractivity contribution in [3.63, 3.8) is 0 Å². The normalized spacial score (nSPS) is 17.5. The fraction of sp³-hybridized carbons (Fsp3) is 0.556. The zero-order valence-electron chi connectivity index (χ0n) is 16.6. The molecule has 29 heavy (non-hydrogen) atoms. The van der Waals surface area contributed by atoms with Crippen molar-refractivity contribution in [2.75, 3.05) is 29.8 Å². The molecule has 0 bridgehead atoms. The lowest BCUT2D eigenvalue weighted by molar-refractivity contribution is -0.152. The second kappa shape index (κ2) is 9.23. The van der Waals surface area contributed by atoms with Gasteiger partial charge in [0.25, 0.3) is 0 Å². The monoisotopic (exact) mass is 446 g/mol. The summed E-state index contributed by atoms with van der Waals surface area (Å²) < 4.78 is 55.2. The summed E-state index contributed by atoms with van der Waals surface area (Å²) in [6.07, 6.45) is 0.722. The fourth-order valence-corrected chi connectivity index (χ4v) is 4.72. The molecule has 1 unspecified atom stereocenters. The van der Waals surface area contributed by atoms with Gasteiger partial charge in [0.2, 0.25) is 25.8 Å². The van der Waals surface area contributed by atoms with Gasteiger partial charge in [-0.2, -0.15) is 0 Å². The number of benzene rings is 1. The van der Waals surface area contributed by atoms with E-state index in [2.05, 4.69) is 4.72 Å². The highest BCUT2D eigenvalue weighted by Gasteiger charge is 2.32. The third-order valence-corrected chi connectivity index (χ3v) is 7.17. The van der Waals surface area contributed by atoms with Crippen LogP contribution in [0.1, 0.15) is 37.0 Å². The van der Waals surface area contributed by atoms with Crippen molar-refractivity contribution in [3.05, 3.63) is 29.8 Å². The maximum absolute atomic E-state index is 12.5. The van der Waals surface area contributed by atoms with Crippen LogP contribution < -0.4 is 4.72 Å². The number of piperidine rings is 1. The molecule has 1 atom stereocenters.